The summed E-state index contributed by atoms with van der Waals surface area (Å²) in [5, 5.41) is 11.0. The molecular formula is C15H13Cl2FO2. The van der Waals surface area contributed by atoms with E-state index in [0.29, 0.717) is 10.8 Å². The van der Waals surface area contributed by atoms with Crippen molar-refractivity contribution in [3.63, 3.8) is 0 Å². The fourth-order valence-electron chi connectivity index (χ4n) is 1.81. The number of aliphatic hydroxyl groups excluding tert-OH is 1. The van der Waals surface area contributed by atoms with E-state index in [0.717, 1.165) is 6.07 Å². The summed E-state index contributed by atoms with van der Waals surface area (Å²) in [6.07, 6.45) is -1.74. The van der Waals surface area contributed by atoms with Crippen molar-refractivity contribution >= 4 is 23.2 Å². The molecule has 0 radical (unpaired) electrons. The third-order valence-electron chi connectivity index (χ3n) is 2.84. The summed E-state index contributed by atoms with van der Waals surface area (Å²) >= 11 is 11.5. The van der Waals surface area contributed by atoms with Crippen LogP contribution in [0.15, 0.2) is 42.5 Å². The quantitative estimate of drug-likeness (QED) is 0.891. The highest BCUT2D eigenvalue weighted by Gasteiger charge is 2.21. The number of benzene rings is 2. The third-order valence-corrected chi connectivity index (χ3v) is 3.31. The molecule has 0 aliphatic rings. The van der Waals surface area contributed by atoms with Crippen LogP contribution in [-0.2, 0) is 0 Å². The Morgan fingerprint density at radius 1 is 1.10 bits per heavy atom. The number of hydrogen-bond acceptors (Lipinski definition) is 2. The van der Waals surface area contributed by atoms with Gasteiger partial charge in [-0.15, -0.1) is 0 Å². The van der Waals surface area contributed by atoms with Gasteiger partial charge in [0.05, 0.1) is 0 Å². The first-order valence-corrected chi connectivity index (χ1v) is 6.78. The van der Waals surface area contributed by atoms with Crippen LogP contribution in [0.5, 0.6) is 5.75 Å². The standard InChI is InChI=1S/C15H13Cl2FO2/c1-9(20-12-4-2-3-10(16)7-12)15(19)13-6-5-11(17)8-14(13)18/h2-9,15,19H,1H3. The molecule has 0 fully saturated rings. The highest BCUT2D eigenvalue weighted by Crippen LogP contribution is 2.26. The second-order valence-corrected chi connectivity index (χ2v) is 5.26. The van der Waals surface area contributed by atoms with Crippen molar-refractivity contribution in [1.82, 2.24) is 0 Å². The van der Waals surface area contributed by atoms with Crippen LogP contribution in [-0.4, -0.2) is 11.2 Å². The van der Waals surface area contributed by atoms with E-state index >= 15 is 0 Å². The maximum Gasteiger partial charge on any atom is 0.130 e. The van der Waals surface area contributed by atoms with Crippen LogP contribution >= 0.6 is 23.2 Å². The van der Waals surface area contributed by atoms with E-state index in [9.17, 15) is 9.50 Å². The molecule has 0 amide bonds. The van der Waals surface area contributed by atoms with E-state index in [1.807, 2.05) is 0 Å². The normalized spacial score (nSPS) is 13.8. The van der Waals surface area contributed by atoms with Crippen molar-refractivity contribution in [2.24, 2.45) is 0 Å². The van der Waals surface area contributed by atoms with E-state index in [2.05, 4.69) is 0 Å². The van der Waals surface area contributed by atoms with Crippen molar-refractivity contribution in [2.45, 2.75) is 19.1 Å². The van der Waals surface area contributed by atoms with Crippen molar-refractivity contribution in [1.29, 1.82) is 0 Å². The van der Waals surface area contributed by atoms with Gasteiger partial charge in [0, 0.05) is 15.6 Å². The van der Waals surface area contributed by atoms with Gasteiger partial charge in [-0.05, 0) is 37.3 Å². The average Bonchev–Trinajstić information content (AvgIpc) is 2.38. The van der Waals surface area contributed by atoms with Crippen molar-refractivity contribution in [3.8, 4) is 5.75 Å². The molecule has 0 aliphatic carbocycles. The van der Waals surface area contributed by atoms with Gasteiger partial charge < -0.3 is 9.84 Å². The summed E-state index contributed by atoms with van der Waals surface area (Å²) in [4.78, 5) is 0. The Bertz CT molecular complexity index is 604. The average molecular weight is 315 g/mol. The number of hydrogen-bond donors (Lipinski definition) is 1. The Kier molecular flexibility index (Phi) is 4.86. The summed E-state index contributed by atoms with van der Waals surface area (Å²) < 4.78 is 19.3. The molecule has 2 atom stereocenters. The Morgan fingerprint density at radius 3 is 2.45 bits per heavy atom. The van der Waals surface area contributed by atoms with E-state index in [4.69, 9.17) is 27.9 Å². The molecule has 0 saturated carbocycles. The fourth-order valence-corrected chi connectivity index (χ4v) is 2.15. The molecular weight excluding hydrogens is 302 g/mol. The molecule has 0 aliphatic heterocycles. The lowest BCUT2D eigenvalue weighted by Gasteiger charge is -2.21. The molecule has 0 saturated heterocycles. The number of halogens is 3. The first-order valence-electron chi connectivity index (χ1n) is 6.02. The zero-order valence-corrected chi connectivity index (χ0v) is 12.2. The molecule has 20 heavy (non-hydrogen) atoms. The minimum absolute atomic E-state index is 0.143. The smallest absolute Gasteiger partial charge is 0.130 e. The van der Waals surface area contributed by atoms with Gasteiger partial charge in [-0.2, -0.15) is 0 Å². The predicted molar refractivity (Wildman–Crippen MR) is 77.9 cm³/mol. The van der Waals surface area contributed by atoms with Crippen molar-refractivity contribution < 1.29 is 14.2 Å². The van der Waals surface area contributed by atoms with Crippen LogP contribution in [0.25, 0.3) is 0 Å². The van der Waals surface area contributed by atoms with Crippen molar-refractivity contribution in [3.05, 3.63) is 63.9 Å². The molecule has 0 aromatic heterocycles. The summed E-state index contributed by atoms with van der Waals surface area (Å²) in [5.74, 6) is -0.0510. The topological polar surface area (TPSA) is 29.5 Å². The maximum atomic E-state index is 13.7. The molecule has 2 unspecified atom stereocenters. The molecule has 2 aromatic carbocycles. The highest BCUT2D eigenvalue weighted by atomic mass is 35.5. The summed E-state index contributed by atoms with van der Waals surface area (Å²) in [6.45, 7) is 1.65. The van der Waals surface area contributed by atoms with Gasteiger partial charge in [0.25, 0.3) is 0 Å². The minimum atomic E-state index is -1.11. The van der Waals surface area contributed by atoms with Crippen LogP contribution in [0, 0.1) is 5.82 Å². The summed E-state index contributed by atoms with van der Waals surface area (Å²) in [5.41, 5.74) is 0.143. The number of rotatable bonds is 4. The monoisotopic (exact) mass is 314 g/mol. The first kappa shape index (κ1) is 15.1. The van der Waals surface area contributed by atoms with Gasteiger partial charge >= 0.3 is 0 Å². The van der Waals surface area contributed by atoms with E-state index in [1.165, 1.54) is 12.1 Å². The van der Waals surface area contributed by atoms with Gasteiger partial charge in [0.1, 0.15) is 23.8 Å². The molecule has 5 heteroatoms. The Morgan fingerprint density at radius 2 is 1.80 bits per heavy atom. The zero-order valence-electron chi connectivity index (χ0n) is 10.7. The fraction of sp³-hybridized carbons (Fsp3) is 0.200. The second-order valence-electron chi connectivity index (χ2n) is 4.39. The molecule has 106 valence electrons. The molecule has 2 aromatic rings. The first-order chi connectivity index (χ1) is 9.47. The van der Waals surface area contributed by atoms with Crippen LogP contribution < -0.4 is 4.74 Å². The lowest BCUT2D eigenvalue weighted by Crippen LogP contribution is -2.22. The molecule has 0 bridgehead atoms. The van der Waals surface area contributed by atoms with Crippen LogP contribution in [0.3, 0.4) is 0 Å². The third kappa shape index (κ3) is 3.63. The van der Waals surface area contributed by atoms with Crippen LogP contribution in [0.1, 0.15) is 18.6 Å². The summed E-state index contributed by atoms with van der Waals surface area (Å²) in [6, 6.07) is 10.9. The Hall–Kier alpha value is -1.29. The van der Waals surface area contributed by atoms with Gasteiger partial charge in [0.2, 0.25) is 0 Å². The summed E-state index contributed by atoms with van der Waals surface area (Å²) in [7, 11) is 0. The number of aliphatic hydroxyl groups is 1. The van der Waals surface area contributed by atoms with E-state index in [1.54, 1.807) is 31.2 Å². The van der Waals surface area contributed by atoms with Crippen LogP contribution in [0.4, 0.5) is 4.39 Å². The van der Waals surface area contributed by atoms with Gasteiger partial charge in [-0.25, -0.2) is 4.39 Å². The predicted octanol–water partition coefficient (Wildman–Crippen LogP) is 4.63. The van der Waals surface area contributed by atoms with E-state index in [-0.39, 0.29) is 10.6 Å². The Labute approximate surface area is 126 Å². The van der Waals surface area contributed by atoms with Gasteiger partial charge in [-0.3, -0.25) is 0 Å². The lowest BCUT2D eigenvalue weighted by atomic mass is 10.0. The molecule has 1 N–H and O–H groups in total. The maximum absolute atomic E-state index is 13.7. The molecule has 2 nitrogen and oxygen atoms in total. The number of ether oxygens (including phenoxy) is 1. The molecule has 2 rings (SSSR count). The highest BCUT2D eigenvalue weighted by molar-refractivity contribution is 6.30. The van der Waals surface area contributed by atoms with Gasteiger partial charge in [-0.1, -0.05) is 35.3 Å². The van der Waals surface area contributed by atoms with Gasteiger partial charge in [0.15, 0.2) is 0 Å². The van der Waals surface area contributed by atoms with Crippen LogP contribution in [0.2, 0.25) is 10.0 Å². The SMILES string of the molecule is CC(Oc1cccc(Cl)c1)C(O)c1ccc(Cl)cc1F. The molecule has 0 heterocycles. The largest absolute Gasteiger partial charge is 0.488 e. The van der Waals surface area contributed by atoms with Crippen molar-refractivity contribution in [2.75, 3.05) is 0 Å². The second kappa shape index (κ2) is 6.44. The Balaban J connectivity index is 2.14. The minimum Gasteiger partial charge on any atom is -0.488 e. The van der Waals surface area contributed by atoms with E-state index < -0.39 is 18.0 Å². The molecule has 0 spiro atoms. The lowest BCUT2D eigenvalue weighted by molar-refractivity contribution is 0.0443. The zero-order chi connectivity index (χ0) is 14.7.